The standard InChI is InChI=1S/C17H21N5O2/c18-16-15(8-19-11-21-16)17(24)20-7-12-3-1-2-4-13(12)9-22-6-5-14(23)10-22/h1-4,8,11,14,23H,5-7,9-10H2,(H,20,24)(H2,18,19,21). The van der Waals surface area contributed by atoms with Crippen molar-refractivity contribution in [3.8, 4) is 0 Å². The van der Waals surface area contributed by atoms with Gasteiger partial charge in [-0.3, -0.25) is 9.69 Å². The van der Waals surface area contributed by atoms with Crippen molar-refractivity contribution in [3.05, 3.63) is 53.5 Å². The van der Waals surface area contributed by atoms with Crippen molar-refractivity contribution in [1.29, 1.82) is 0 Å². The minimum atomic E-state index is -0.292. The number of nitrogens with zero attached hydrogens (tertiary/aromatic N) is 3. The van der Waals surface area contributed by atoms with Crippen LogP contribution in [0.25, 0.3) is 0 Å². The van der Waals surface area contributed by atoms with Gasteiger partial charge in [-0.05, 0) is 17.5 Å². The van der Waals surface area contributed by atoms with Gasteiger partial charge in [-0.1, -0.05) is 24.3 Å². The zero-order valence-corrected chi connectivity index (χ0v) is 13.4. The third-order valence-corrected chi connectivity index (χ3v) is 4.19. The molecular formula is C17H21N5O2. The maximum Gasteiger partial charge on any atom is 0.256 e. The van der Waals surface area contributed by atoms with Crippen molar-refractivity contribution in [1.82, 2.24) is 20.2 Å². The van der Waals surface area contributed by atoms with E-state index in [2.05, 4.69) is 20.2 Å². The number of aliphatic hydroxyl groups excluding tert-OH is 1. The lowest BCUT2D eigenvalue weighted by Gasteiger charge is -2.18. The largest absolute Gasteiger partial charge is 0.392 e. The molecule has 1 aliphatic rings. The summed E-state index contributed by atoms with van der Waals surface area (Å²) in [4.78, 5) is 22.1. The summed E-state index contributed by atoms with van der Waals surface area (Å²) < 4.78 is 0. The van der Waals surface area contributed by atoms with Crippen LogP contribution < -0.4 is 11.1 Å². The zero-order chi connectivity index (χ0) is 16.9. The first kappa shape index (κ1) is 16.4. The predicted molar refractivity (Wildman–Crippen MR) is 90.0 cm³/mol. The molecule has 0 saturated carbocycles. The Labute approximate surface area is 140 Å². The van der Waals surface area contributed by atoms with E-state index in [4.69, 9.17) is 5.73 Å². The van der Waals surface area contributed by atoms with Gasteiger partial charge in [0.25, 0.3) is 5.91 Å². The monoisotopic (exact) mass is 327 g/mol. The van der Waals surface area contributed by atoms with Crippen LogP contribution >= 0.6 is 0 Å². The molecule has 3 rings (SSSR count). The highest BCUT2D eigenvalue weighted by Gasteiger charge is 2.20. The van der Waals surface area contributed by atoms with E-state index in [1.165, 1.54) is 12.5 Å². The van der Waals surface area contributed by atoms with Crippen molar-refractivity contribution in [2.45, 2.75) is 25.6 Å². The molecule has 7 heteroatoms. The van der Waals surface area contributed by atoms with Gasteiger partial charge in [-0.2, -0.15) is 0 Å². The Morgan fingerprint density at radius 3 is 2.88 bits per heavy atom. The molecule has 1 aromatic carbocycles. The Kier molecular flexibility index (Phi) is 5.02. The first-order valence-corrected chi connectivity index (χ1v) is 7.94. The summed E-state index contributed by atoms with van der Waals surface area (Å²) in [5, 5.41) is 12.5. The molecule has 24 heavy (non-hydrogen) atoms. The van der Waals surface area contributed by atoms with Crippen LogP contribution in [0.1, 0.15) is 27.9 Å². The van der Waals surface area contributed by atoms with Crippen LogP contribution in [0.3, 0.4) is 0 Å². The second-order valence-electron chi connectivity index (χ2n) is 5.95. The number of aromatic nitrogens is 2. The maximum atomic E-state index is 12.2. The summed E-state index contributed by atoms with van der Waals surface area (Å²) in [6.45, 7) is 2.75. The number of nitrogen functional groups attached to an aromatic ring is 1. The molecule has 1 amide bonds. The number of hydrogen-bond donors (Lipinski definition) is 3. The van der Waals surface area contributed by atoms with Crippen molar-refractivity contribution in [2.24, 2.45) is 0 Å². The van der Waals surface area contributed by atoms with E-state index < -0.39 is 0 Å². The van der Waals surface area contributed by atoms with Crippen LogP contribution in [-0.2, 0) is 13.1 Å². The number of carbonyl (C=O) groups is 1. The normalized spacial score (nSPS) is 17.8. The molecule has 1 aromatic heterocycles. The minimum absolute atomic E-state index is 0.168. The quantitative estimate of drug-likeness (QED) is 0.741. The molecule has 1 saturated heterocycles. The van der Waals surface area contributed by atoms with Gasteiger partial charge in [0.15, 0.2) is 0 Å². The van der Waals surface area contributed by atoms with Crippen LogP contribution in [0, 0.1) is 0 Å². The van der Waals surface area contributed by atoms with Crippen LogP contribution in [-0.4, -0.2) is 45.1 Å². The van der Waals surface area contributed by atoms with Crippen LogP contribution in [0.5, 0.6) is 0 Å². The Morgan fingerprint density at radius 1 is 1.38 bits per heavy atom. The molecule has 1 unspecified atom stereocenters. The lowest BCUT2D eigenvalue weighted by Crippen LogP contribution is -2.26. The highest BCUT2D eigenvalue weighted by molar-refractivity contribution is 5.97. The number of anilines is 1. The van der Waals surface area contributed by atoms with E-state index in [9.17, 15) is 9.90 Å². The van der Waals surface area contributed by atoms with Gasteiger partial charge in [0.05, 0.1) is 11.7 Å². The van der Waals surface area contributed by atoms with E-state index in [0.29, 0.717) is 13.1 Å². The van der Waals surface area contributed by atoms with Gasteiger partial charge < -0.3 is 16.2 Å². The summed E-state index contributed by atoms with van der Waals surface area (Å²) in [6.07, 6.45) is 3.30. The van der Waals surface area contributed by atoms with Gasteiger partial charge in [-0.25, -0.2) is 9.97 Å². The second kappa shape index (κ2) is 7.37. The third kappa shape index (κ3) is 3.87. The fourth-order valence-corrected chi connectivity index (χ4v) is 2.87. The lowest BCUT2D eigenvalue weighted by molar-refractivity contribution is 0.0951. The fraction of sp³-hybridized carbons (Fsp3) is 0.353. The SMILES string of the molecule is Nc1ncncc1C(=O)NCc1ccccc1CN1CCC(O)C1. The van der Waals surface area contributed by atoms with Crippen molar-refractivity contribution in [2.75, 3.05) is 18.8 Å². The number of aliphatic hydroxyl groups is 1. The smallest absolute Gasteiger partial charge is 0.256 e. The van der Waals surface area contributed by atoms with Crippen LogP contribution in [0.15, 0.2) is 36.8 Å². The number of benzene rings is 1. The predicted octanol–water partition coefficient (Wildman–Crippen LogP) is 0.555. The summed E-state index contributed by atoms with van der Waals surface area (Å²) in [7, 11) is 0. The Morgan fingerprint density at radius 2 is 2.17 bits per heavy atom. The molecule has 1 atom stereocenters. The van der Waals surface area contributed by atoms with Gasteiger partial charge in [0, 0.05) is 32.4 Å². The second-order valence-corrected chi connectivity index (χ2v) is 5.95. The Bertz CT molecular complexity index is 722. The molecule has 4 N–H and O–H groups in total. The molecule has 1 fully saturated rings. The number of likely N-dealkylation sites (tertiary alicyclic amines) is 1. The Balaban J connectivity index is 1.65. The summed E-state index contributed by atoms with van der Waals surface area (Å²) in [6, 6.07) is 7.97. The summed E-state index contributed by atoms with van der Waals surface area (Å²) in [5.41, 5.74) is 8.16. The molecule has 0 radical (unpaired) electrons. The number of nitrogens with one attached hydrogen (secondary N) is 1. The first-order valence-electron chi connectivity index (χ1n) is 7.94. The van der Waals surface area contributed by atoms with E-state index in [-0.39, 0.29) is 23.4 Å². The lowest BCUT2D eigenvalue weighted by atomic mass is 10.1. The van der Waals surface area contributed by atoms with Crippen LogP contribution in [0.2, 0.25) is 0 Å². The van der Waals surface area contributed by atoms with Crippen LogP contribution in [0.4, 0.5) is 5.82 Å². The number of rotatable bonds is 5. The van der Waals surface area contributed by atoms with E-state index in [1.807, 2.05) is 24.3 Å². The highest BCUT2D eigenvalue weighted by atomic mass is 16.3. The topological polar surface area (TPSA) is 104 Å². The van der Waals surface area contributed by atoms with Gasteiger partial charge in [-0.15, -0.1) is 0 Å². The average molecular weight is 327 g/mol. The minimum Gasteiger partial charge on any atom is -0.392 e. The van der Waals surface area contributed by atoms with E-state index >= 15 is 0 Å². The molecular weight excluding hydrogens is 306 g/mol. The number of β-amino-alcohol motifs (C(OH)–C–C–N with tert-alkyl or cyclic N) is 1. The Hall–Kier alpha value is -2.51. The molecule has 2 heterocycles. The van der Waals surface area contributed by atoms with Crippen molar-refractivity contribution in [3.63, 3.8) is 0 Å². The number of amides is 1. The van der Waals surface area contributed by atoms with Crippen molar-refractivity contribution < 1.29 is 9.90 Å². The molecule has 0 spiro atoms. The molecule has 2 aromatic rings. The number of nitrogens with two attached hydrogens (primary N) is 1. The highest BCUT2D eigenvalue weighted by Crippen LogP contribution is 2.17. The van der Waals surface area contributed by atoms with Gasteiger partial charge in [0.2, 0.25) is 0 Å². The first-order chi connectivity index (χ1) is 11.6. The average Bonchev–Trinajstić information content (AvgIpc) is 2.99. The van der Waals surface area contributed by atoms with Crippen molar-refractivity contribution >= 4 is 11.7 Å². The van der Waals surface area contributed by atoms with E-state index in [0.717, 1.165) is 30.6 Å². The number of hydrogen-bond acceptors (Lipinski definition) is 6. The molecule has 0 aliphatic carbocycles. The molecule has 1 aliphatic heterocycles. The zero-order valence-electron chi connectivity index (χ0n) is 13.4. The summed E-state index contributed by atoms with van der Waals surface area (Å²) in [5.74, 6) is -0.124. The van der Waals surface area contributed by atoms with E-state index in [1.54, 1.807) is 0 Å². The van der Waals surface area contributed by atoms with Gasteiger partial charge >= 0.3 is 0 Å². The number of carbonyl (C=O) groups excluding carboxylic acids is 1. The fourth-order valence-electron chi connectivity index (χ4n) is 2.87. The molecule has 126 valence electrons. The maximum absolute atomic E-state index is 12.2. The molecule has 7 nitrogen and oxygen atoms in total. The molecule has 0 bridgehead atoms. The van der Waals surface area contributed by atoms with Gasteiger partial charge in [0.1, 0.15) is 12.1 Å². The third-order valence-electron chi connectivity index (χ3n) is 4.19. The summed E-state index contributed by atoms with van der Waals surface area (Å²) >= 11 is 0.